The SMILES string of the molecule is CC(NC(=O)N1CCc2cc[nH]c(=O)c2C1)c1ccc(S(C)(=O)=O)cc1. The monoisotopic (exact) mass is 375 g/mol. The second kappa shape index (κ2) is 6.95. The summed E-state index contributed by atoms with van der Waals surface area (Å²) in [4.78, 5) is 29.0. The van der Waals surface area contributed by atoms with Crippen LogP contribution in [0.2, 0.25) is 0 Å². The number of aromatic amines is 1. The number of H-pyrrole nitrogens is 1. The van der Waals surface area contributed by atoms with E-state index in [1.165, 1.54) is 12.1 Å². The van der Waals surface area contributed by atoms with Gasteiger partial charge in [-0.1, -0.05) is 12.1 Å². The van der Waals surface area contributed by atoms with Gasteiger partial charge in [-0.3, -0.25) is 4.79 Å². The van der Waals surface area contributed by atoms with E-state index in [9.17, 15) is 18.0 Å². The van der Waals surface area contributed by atoms with E-state index in [0.717, 1.165) is 17.4 Å². The molecule has 0 fully saturated rings. The van der Waals surface area contributed by atoms with Crippen molar-refractivity contribution in [3.05, 3.63) is 63.6 Å². The van der Waals surface area contributed by atoms with E-state index in [1.807, 2.05) is 13.0 Å². The van der Waals surface area contributed by atoms with Crippen molar-refractivity contribution < 1.29 is 13.2 Å². The molecule has 26 heavy (non-hydrogen) atoms. The van der Waals surface area contributed by atoms with Gasteiger partial charge >= 0.3 is 6.03 Å². The molecular formula is C18H21N3O4S. The summed E-state index contributed by atoms with van der Waals surface area (Å²) in [6.07, 6.45) is 3.42. The maximum absolute atomic E-state index is 12.5. The molecule has 0 bridgehead atoms. The fourth-order valence-electron chi connectivity index (χ4n) is 3.02. The summed E-state index contributed by atoms with van der Waals surface area (Å²) in [5.41, 5.74) is 2.24. The van der Waals surface area contributed by atoms with Crippen LogP contribution >= 0.6 is 0 Å². The Morgan fingerprint density at radius 2 is 1.92 bits per heavy atom. The quantitative estimate of drug-likeness (QED) is 0.851. The van der Waals surface area contributed by atoms with Crippen molar-refractivity contribution in [2.75, 3.05) is 12.8 Å². The molecule has 1 aromatic carbocycles. The van der Waals surface area contributed by atoms with Gasteiger partial charge in [-0.2, -0.15) is 0 Å². The highest BCUT2D eigenvalue weighted by Gasteiger charge is 2.23. The van der Waals surface area contributed by atoms with Crippen LogP contribution in [0.1, 0.15) is 29.7 Å². The number of hydrogen-bond donors (Lipinski definition) is 2. The topological polar surface area (TPSA) is 99.3 Å². The van der Waals surface area contributed by atoms with Gasteiger partial charge in [0.1, 0.15) is 0 Å². The zero-order valence-corrected chi connectivity index (χ0v) is 15.5. The van der Waals surface area contributed by atoms with E-state index in [1.54, 1.807) is 23.2 Å². The summed E-state index contributed by atoms with van der Waals surface area (Å²) in [7, 11) is -3.25. The molecule has 1 aliphatic heterocycles. The average Bonchev–Trinajstić information content (AvgIpc) is 2.61. The molecule has 3 rings (SSSR count). The van der Waals surface area contributed by atoms with E-state index < -0.39 is 9.84 Å². The number of hydrogen-bond acceptors (Lipinski definition) is 4. The summed E-state index contributed by atoms with van der Waals surface area (Å²) in [6.45, 7) is 2.65. The summed E-state index contributed by atoms with van der Waals surface area (Å²) >= 11 is 0. The molecule has 2 N–H and O–H groups in total. The highest BCUT2D eigenvalue weighted by atomic mass is 32.2. The highest BCUT2D eigenvalue weighted by Crippen LogP contribution is 2.18. The normalized spacial score (nSPS) is 15.2. The standard InChI is InChI=1S/C18H21N3O4S/c1-12(13-3-5-15(6-4-13)26(2,24)25)20-18(23)21-10-8-14-7-9-19-17(22)16(14)11-21/h3-7,9,12H,8,10-11H2,1-2H3,(H,19,22)(H,20,23). The van der Waals surface area contributed by atoms with Crippen LogP contribution < -0.4 is 10.9 Å². The lowest BCUT2D eigenvalue weighted by atomic mass is 10.0. The predicted octanol–water partition coefficient (Wildman–Crippen LogP) is 1.61. The van der Waals surface area contributed by atoms with Crippen LogP contribution in [0.15, 0.2) is 46.2 Å². The number of amides is 2. The number of urea groups is 1. The summed E-state index contributed by atoms with van der Waals surface area (Å²) < 4.78 is 23.0. The molecule has 2 amide bonds. The molecule has 0 aliphatic carbocycles. The first-order valence-corrected chi connectivity index (χ1v) is 10.2. The van der Waals surface area contributed by atoms with Crippen LogP contribution in [0.25, 0.3) is 0 Å². The van der Waals surface area contributed by atoms with Gasteiger partial charge in [0, 0.05) is 24.6 Å². The van der Waals surface area contributed by atoms with Gasteiger partial charge < -0.3 is 15.2 Å². The van der Waals surface area contributed by atoms with E-state index >= 15 is 0 Å². The number of nitrogens with zero attached hydrogens (tertiary/aromatic N) is 1. The minimum Gasteiger partial charge on any atom is -0.331 e. The molecule has 2 heterocycles. The lowest BCUT2D eigenvalue weighted by Gasteiger charge is -2.29. The number of pyridine rings is 1. The molecule has 1 aromatic heterocycles. The second-order valence-electron chi connectivity index (χ2n) is 6.49. The van der Waals surface area contributed by atoms with Gasteiger partial charge in [-0.15, -0.1) is 0 Å². The lowest BCUT2D eigenvalue weighted by Crippen LogP contribution is -2.45. The van der Waals surface area contributed by atoms with E-state index in [2.05, 4.69) is 10.3 Å². The van der Waals surface area contributed by atoms with Crippen LogP contribution in [-0.2, 0) is 22.8 Å². The van der Waals surface area contributed by atoms with Crippen molar-refractivity contribution in [3.63, 3.8) is 0 Å². The molecular weight excluding hydrogens is 354 g/mol. The Balaban J connectivity index is 1.68. The first-order chi connectivity index (χ1) is 12.3. The molecule has 1 aliphatic rings. The Hall–Kier alpha value is -2.61. The van der Waals surface area contributed by atoms with Crippen LogP contribution in [0.4, 0.5) is 4.79 Å². The van der Waals surface area contributed by atoms with E-state index in [4.69, 9.17) is 0 Å². The minimum atomic E-state index is -3.25. The number of carbonyl (C=O) groups excluding carboxylic acids is 1. The number of aromatic nitrogens is 1. The first-order valence-electron chi connectivity index (χ1n) is 8.30. The zero-order chi connectivity index (χ0) is 18.9. The average molecular weight is 375 g/mol. The van der Waals surface area contributed by atoms with Gasteiger partial charge in [0.25, 0.3) is 5.56 Å². The van der Waals surface area contributed by atoms with E-state index in [-0.39, 0.29) is 29.1 Å². The smallest absolute Gasteiger partial charge is 0.318 e. The molecule has 0 radical (unpaired) electrons. The molecule has 138 valence electrons. The van der Waals surface area contributed by atoms with Crippen molar-refractivity contribution in [2.24, 2.45) is 0 Å². The Morgan fingerprint density at radius 3 is 2.58 bits per heavy atom. The largest absolute Gasteiger partial charge is 0.331 e. The lowest BCUT2D eigenvalue weighted by molar-refractivity contribution is 0.189. The van der Waals surface area contributed by atoms with Crippen LogP contribution in [0.5, 0.6) is 0 Å². The Kier molecular flexibility index (Phi) is 4.86. The van der Waals surface area contributed by atoms with Gasteiger partial charge in [0.2, 0.25) is 0 Å². The number of sulfone groups is 1. The number of benzene rings is 1. The molecule has 0 saturated carbocycles. The number of carbonyl (C=O) groups is 1. The molecule has 2 aromatic rings. The fraction of sp³-hybridized carbons (Fsp3) is 0.333. The van der Waals surface area contributed by atoms with Crippen molar-refractivity contribution in [1.82, 2.24) is 15.2 Å². The van der Waals surface area contributed by atoms with Gasteiger partial charge in [-0.25, -0.2) is 13.2 Å². The van der Waals surface area contributed by atoms with Crippen molar-refractivity contribution in [1.29, 1.82) is 0 Å². The van der Waals surface area contributed by atoms with Crippen molar-refractivity contribution in [3.8, 4) is 0 Å². The maximum atomic E-state index is 12.5. The van der Waals surface area contributed by atoms with E-state index in [0.29, 0.717) is 18.5 Å². The minimum absolute atomic E-state index is 0.163. The first kappa shape index (κ1) is 18.2. The summed E-state index contributed by atoms with van der Waals surface area (Å²) in [5, 5.41) is 2.90. The Morgan fingerprint density at radius 1 is 1.23 bits per heavy atom. The summed E-state index contributed by atoms with van der Waals surface area (Å²) in [6, 6.07) is 7.78. The van der Waals surface area contributed by atoms with Crippen molar-refractivity contribution in [2.45, 2.75) is 30.8 Å². The third-order valence-corrected chi connectivity index (χ3v) is 5.72. The third-order valence-electron chi connectivity index (χ3n) is 4.60. The number of rotatable bonds is 3. The molecule has 1 atom stereocenters. The van der Waals surface area contributed by atoms with Gasteiger partial charge in [-0.05, 0) is 42.7 Å². The van der Waals surface area contributed by atoms with Gasteiger partial charge in [0.05, 0.1) is 17.5 Å². The number of nitrogens with one attached hydrogen (secondary N) is 2. The van der Waals surface area contributed by atoms with Crippen LogP contribution in [0.3, 0.4) is 0 Å². The Labute approximate surface area is 152 Å². The van der Waals surface area contributed by atoms with Gasteiger partial charge in [0.15, 0.2) is 9.84 Å². The van der Waals surface area contributed by atoms with Crippen molar-refractivity contribution >= 4 is 15.9 Å². The third kappa shape index (κ3) is 3.80. The molecule has 8 heteroatoms. The molecule has 7 nitrogen and oxygen atoms in total. The molecule has 1 unspecified atom stereocenters. The second-order valence-corrected chi connectivity index (χ2v) is 8.51. The Bertz CT molecular complexity index is 980. The fourth-order valence-corrected chi connectivity index (χ4v) is 3.65. The summed E-state index contributed by atoms with van der Waals surface area (Å²) in [5.74, 6) is 0. The van der Waals surface area contributed by atoms with Crippen LogP contribution in [0, 0.1) is 0 Å². The highest BCUT2D eigenvalue weighted by molar-refractivity contribution is 7.90. The van der Waals surface area contributed by atoms with Crippen LogP contribution in [-0.4, -0.2) is 37.1 Å². The molecule has 0 saturated heterocycles. The molecule has 0 spiro atoms. The number of fused-ring (bicyclic) bond motifs is 1. The predicted molar refractivity (Wildman–Crippen MR) is 97.7 cm³/mol. The maximum Gasteiger partial charge on any atom is 0.318 e. The zero-order valence-electron chi connectivity index (χ0n) is 14.7.